The average Bonchev–Trinajstić information content (AvgIpc) is 2.85. The summed E-state index contributed by atoms with van der Waals surface area (Å²) < 4.78 is 0. The Balaban J connectivity index is 1.77. The minimum Gasteiger partial charge on any atom is -0.309 e. The smallest absolute Gasteiger partial charge is 0.225 e. The van der Waals surface area contributed by atoms with Gasteiger partial charge in [-0.15, -0.1) is 11.3 Å². The lowest BCUT2D eigenvalue weighted by molar-refractivity contribution is -0.116. The molecule has 94 valence electrons. The molecule has 1 amide bonds. The molecule has 0 aliphatic carbocycles. The van der Waals surface area contributed by atoms with Crippen molar-refractivity contribution in [1.29, 1.82) is 0 Å². The number of halogens is 1. The molecule has 0 unspecified atom stereocenters. The van der Waals surface area contributed by atoms with Gasteiger partial charge in [0, 0.05) is 17.5 Å². The number of carbonyl (C=O) groups is 1. The van der Waals surface area contributed by atoms with Gasteiger partial charge in [-0.2, -0.15) is 0 Å². The third kappa shape index (κ3) is 3.82. The van der Waals surface area contributed by atoms with Crippen LogP contribution in [0.1, 0.15) is 17.7 Å². The molecule has 0 aliphatic heterocycles. The highest BCUT2D eigenvalue weighted by atomic mass is 35.5. The zero-order valence-electron chi connectivity index (χ0n) is 9.73. The maximum absolute atomic E-state index is 11.7. The largest absolute Gasteiger partial charge is 0.309 e. The van der Waals surface area contributed by atoms with Crippen LogP contribution in [0.15, 0.2) is 35.8 Å². The van der Waals surface area contributed by atoms with Crippen molar-refractivity contribution in [2.45, 2.75) is 19.3 Å². The lowest BCUT2D eigenvalue weighted by Crippen LogP contribution is -2.12. The summed E-state index contributed by atoms with van der Waals surface area (Å²) in [6.45, 7) is 0. The van der Waals surface area contributed by atoms with Gasteiger partial charge in [0.25, 0.3) is 0 Å². The number of pyridine rings is 1. The van der Waals surface area contributed by atoms with Gasteiger partial charge in [-0.3, -0.25) is 4.79 Å². The number of hydrogen-bond donors (Lipinski definition) is 1. The van der Waals surface area contributed by atoms with Crippen LogP contribution in [-0.4, -0.2) is 10.9 Å². The Labute approximate surface area is 115 Å². The van der Waals surface area contributed by atoms with E-state index in [0.29, 0.717) is 17.3 Å². The van der Waals surface area contributed by atoms with E-state index in [1.807, 2.05) is 11.4 Å². The van der Waals surface area contributed by atoms with Crippen LogP contribution in [0.25, 0.3) is 0 Å². The van der Waals surface area contributed by atoms with Crippen molar-refractivity contribution in [1.82, 2.24) is 4.98 Å². The van der Waals surface area contributed by atoms with E-state index in [9.17, 15) is 4.79 Å². The lowest BCUT2D eigenvalue weighted by atomic mass is 10.2. The quantitative estimate of drug-likeness (QED) is 0.906. The molecule has 0 spiro atoms. The normalized spacial score (nSPS) is 10.3. The monoisotopic (exact) mass is 280 g/mol. The van der Waals surface area contributed by atoms with Gasteiger partial charge in [0.05, 0.1) is 5.02 Å². The Morgan fingerprint density at radius 2 is 2.28 bits per heavy atom. The minimum absolute atomic E-state index is 0.0489. The van der Waals surface area contributed by atoms with Crippen LogP contribution in [0, 0.1) is 0 Å². The van der Waals surface area contributed by atoms with Crippen LogP contribution in [0.3, 0.4) is 0 Å². The molecule has 0 radical (unpaired) electrons. The minimum atomic E-state index is -0.0489. The number of carbonyl (C=O) groups excluding carboxylic acids is 1. The number of thiophene rings is 1. The van der Waals surface area contributed by atoms with E-state index >= 15 is 0 Å². The summed E-state index contributed by atoms with van der Waals surface area (Å²) in [6.07, 6.45) is 3.84. The van der Waals surface area contributed by atoms with Gasteiger partial charge in [-0.25, -0.2) is 4.98 Å². The Bertz CT molecular complexity index is 513. The number of aryl methyl sites for hydroxylation is 1. The molecule has 0 saturated carbocycles. The molecule has 0 aliphatic rings. The van der Waals surface area contributed by atoms with Crippen LogP contribution in [0.5, 0.6) is 0 Å². The predicted octanol–water partition coefficient (Wildman–Crippen LogP) is 3.76. The maximum Gasteiger partial charge on any atom is 0.225 e. The van der Waals surface area contributed by atoms with E-state index in [0.717, 1.165) is 12.8 Å². The fraction of sp³-hybridized carbons (Fsp3) is 0.231. The second kappa shape index (κ2) is 6.52. The number of rotatable bonds is 5. The van der Waals surface area contributed by atoms with Gasteiger partial charge < -0.3 is 5.32 Å². The van der Waals surface area contributed by atoms with Crippen LogP contribution >= 0.6 is 22.9 Å². The molecule has 2 aromatic heterocycles. The van der Waals surface area contributed by atoms with Crippen LogP contribution in [0.4, 0.5) is 5.82 Å². The number of anilines is 1. The fourth-order valence-corrected chi connectivity index (χ4v) is 2.47. The van der Waals surface area contributed by atoms with Crippen molar-refractivity contribution in [3.8, 4) is 0 Å². The first-order valence-electron chi connectivity index (χ1n) is 5.68. The van der Waals surface area contributed by atoms with Gasteiger partial charge in [-0.1, -0.05) is 17.7 Å². The molecule has 3 nitrogen and oxygen atoms in total. The highest BCUT2D eigenvalue weighted by Crippen LogP contribution is 2.18. The zero-order valence-corrected chi connectivity index (χ0v) is 11.3. The number of hydrogen-bond acceptors (Lipinski definition) is 3. The first-order valence-corrected chi connectivity index (χ1v) is 6.94. The number of nitrogens with one attached hydrogen (secondary N) is 1. The van der Waals surface area contributed by atoms with E-state index in [2.05, 4.69) is 16.4 Å². The van der Waals surface area contributed by atoms with Crippen LogP contribution in [-0.2, 0) is 11.2 Å². The Hall–Kier alpha value is -1.39. The Morgan fingerprint density at radius 3 is 3.00 bits per heavy atom. The molecule has 0 saturated heterocycles. The molecular formula is C13H13ClN2OS. The van der Waals surface area contributed by atoms with E-state index < -0.39 is 0 Å². The lowest BCUT2D eigenvalue weighted by Gasteiger charge is -2.05. The van der Waals surface area contributed by atoms with Crippen molar-refractivity contribution in [3.05, 3.63) is 45.7 Å². The second-order valence-corrected chi connectivity index (χ2v) is 5.25. The number of amides is 1. The van der Waals surface area contributed by atoms with Gasteiger partial charge in [0.1, 0.15) is 0 Å². The van der Waals surface area contributed by atoms with Gasteiger partial charge >= 0.3 is 0 Å². The van der Waals surface area contributed by atoms with Crippen molar-refractivity contribution in [2.24, 2.45) is 0 Å². The first kappa shape index (κ1) is 13.1. The van der Waals surface area contributed by atoms with Gasteiger partial charge in [0.2, 0.25) is 5.91 Å². The highest BCUT2D eigenvalue weighted by molar-refractivity contribution is 7.09. The van der Waals surface area contributed by atoms with Crippen molar-refractivity contribution < 1.29 is 4.79 Å². The Morgan fingerprint density at radius 1 is 1.39 bits per heavy atom. The molecule has 2 aromatic rings. The summed E-state index contributed by atoms with van der Waals surface area (Å²) in [7, 11) is 0. The molecule has 2 heterocycles. The summed E-state index contributed by atoms with van der Waals surface area (Å²) in [5, 5.41) is 5.22. The first-order chi connectivity index (χ1) is 8.75. The molecule has 0 fully saturated rings. The van der Waals surface area contributed by atoms with E-state index in [1.165, 1.54) is 4.88 Å². The molecule has 0 bridgehead atoms. The summed E-state index contributed by atoms with van der Waals surface area (Å²) in [4.78, 5) is 17.0. The third-order valence-corrected chi connectivity index (χ3v) is 3.66. The van der Waals surface area contributed by atoms with E-state index in [1.54, 1.807) is 29.7 Å². The van der Waals surface area contributed by atoms with Gasteiger partial charge in [0.15, 0.2) is 5.82 Å². The van der Waals surface area contributed by atoms with Crippen LogP contribution < -0.4 is 5.32 Å². The maximum atomic E-state index is 11.7. The summed E-state index contributed by atoms with van der Waals surface area (Å²) in [5.74, 6) is 0.382. The number of aromatic nitrogens is 1. The van der Waals surface area contributed by atoms with Crippen molar-refractivity contribution >= 4 is 34.7 Å². The predicted molar refractivity (Wildman–Crippen MR) is 75.1 cm³/mol. The zero-order chi connectivity index (χ0) is 12.8. The van der Waals surface area contributed by atoms with Crippen molar-refractivity contribution in [2.75, 3.05) is 5.32 Å². The van der Waals surface area contributed by atoms with Gasteiger partial charge in [-0.05, 0) is 36.4 Å². The van der Waals surface area contributed by atoms with Crippen LogP contribution in [0.2, 0.25) is 5.02 Å². The molecular weight excluding hydrogens is 268 g/mol. The van der Waals surface area contributed by atoms with Crippen molar-refractivity contribution in [3.63, 3.8) is 0 Å². The number of nitrogens with zero attached hydrogens (tertiary/aromatic N) is 1. The molecule has 1 N–H and O–H groups in total. The SMILES string of the molecule is O=C(CCCc1cccs1)Nc1ncccc1Cl. The molecule has 18 heavy (non-hydrogen) atoms. The summed E-state index contributed by atoms with van der Waals surface area (Å²) in [6, 6.07) is 7.54. The highest BCUT2D eigenvalue weighted by Gasteiger charge is 2.06. The standard InChI is InChI=1S/C13H13ClN2OS/c14-11-6-2-8-15-13(11)16-12(17)7-1-4-10-5-3-9-18-10/h2-3,5-6,8-9H,1,4,7H2,(H,15,16,17). The molecule has 0 atom stereocenters. The topological polar surface area (TPSA) is 42.0 Å². The molecule has 2 rings (SSSR count). The summed E-state index contributed by atoms with van der Waals surface area (Å²) >= 11 is 7.62. The average molecular weight is 281 g/mol. The van der Waals surface area contributed by atoms with E-state index in [-0.39, 0.29) is 5.91 Å². The fourth-order valence-electron chi connectivity index (χ4n) is 1.55. The molecule has 0 aromatic carbocycles. The summed E-state index contributed by atoms with van der Waals surface area (Å²) in [5.41, 5.74) is 0. The third-order valence-electron chi connectivity index (χ3n) is 2.42. The van der Waals surface area contributed by atoms with E-state index in [4.69, 9.17) is 11.6 Å². The second-order valence-electron chi connectivity index (χ2n) is 3.81. The Kier molecular flexibility index (Phi) is 4.73. The molecule has 5 heteroatoms.